The highest BCUT2D eigenvalue weighted by atomic mass is 79.9. The lowest BCUT2D eigenvalue weighted by Crippen LogP contribution is -2.03. The fraction of sp³-hybridized carbons (Fsp3) is 0.357. The van der Waals surface area contributed by atoms with Crippen molar-refractivity contribution in [3.63, 3.8) is 0 Å². The number of aliphatic hydroxyl groups is 1. The summed E-state index contributed by atoms with van der Waals surface area (Å²) < 4.78 is 2.92. The first-order valence-electron chi connectivity index (χ1n) is 5.99. The number of benzene rings is 1. The lowest BCUT2D eigenvalue weighted by atomic mass is 10.0. The molecule has 2 aromatic rings. The zero-order valence-corrected chi connectivity index (χ0v) is 12.2. The van der Waals surface area contributed by atoms with Gasteiger partial charge in [-0.05, 0) is 43.0 Å². The Morgan fingerprint density at radius 1 is 1.39 bits per heavy atom. The number of nitrogens with zero attached hydrogens (tertiary/aromatic N) is 2. The first-order valence-corrected chi connectivity index (χ1v) is 6.78. The Kier molecular flexibility index (Phi) is 4.19. The summed E-state index contributed by atoms with van der Waals surface area (Å²) in [6, 6.07) is 7.96. The molecule has 1 heterocycles. The number of aryl methyl sites for hydroxylation is 3. The van der Waals surface area contributed by atoms with Crippen molar-refractivity contribution in [3.05, 3.63) is 51.8 Å². The predicted octanol–water partition coefficient (Wildman–Crippen LogP) is 3.16. The van der Waals surface area contributed by atoms with E-state index < -0.39 is 6.10 Å². The highest BCUT2D eigenvalue weighted by Crippen LogP contribution is 2.24. The van der Waals surface area contributed by atoms with E-state index in [-0.39, 0.29) is 0 Å². The van der Waals surface area contributed by atoms with Gasteiger partial charge in [0.15, 0.2) is 0 Å². The van der Waals surface area contributed by atoms with Crippen LogP contribution in [0.3, 0.4) is 0 Å². The van der Waals surface area contributed by atoms with Crippen LogP contribution in [-0.2, 0) is 13.5 Å². The molecule has 1 N–H and O–H groups in total. The summed E-state index contributed by atoms with van der Waals surface area (Å²) >= 11 is 3.47. The van der Waals surface area contributed by atoms with E-state index in [2.05, 4.69) is 21.0 Å². The molecule has 4 heteroatoms. The van der Waals surface area contributed by atoms with Crippen LogP contribution in [0.4, 0.5) is 0 Å². The molecular weight excluding hydrogens is 292 g/mol. The maximum Gasteiger partial charge on any atom is 0.0793 e. The van der Waals surface area contributed by atoms with E-state index in [1.54, 1.807) is 6.20 Å². The highest BCUT2D eigenvalue weighted by molar-refractivity contribution is 9.10. The lowest BCUT2D eigenvalue weighted by Gasteiger charge is -2.12. The van der Waals surface area contributed by atoms with E-state index in [0.717, 1.165) is 27.7 Å². The molecule has 1 atom stereocenters. The monoisotopic (exact) mass is 308 g/mol. The van der Waals surface area contributed by atoms with Crippen LogP contribution in [-0.4, -0.2) is 14.9 Å². The molecule has 3 nitrogen and oxygen atoms in total. The van der Waals surface area contributed by atoms with Gasteiger partial charge < -0.3 is 5.11 Å². The smallest absolute Gasteiger partial charge is 0.0793 e. The van der Waals surface area contributed by atoms with Crippen molar-refractivity contribution in [1.29, 1.82) is 0 Å². The Morgan fingerprint density at radius 2 is 2.17 bits per heavy atom. The maximum absolute atomic E-state index is 10.2. The zero-order chi connectivity index (χ0) is 13.1. The third-order valence-electron chi connectivity index (χ3n) is 3.16. The van der Waals surface area contributed by atoms with Gasteiger partial charge >= 0.3 is 0 Å². The topological polar surface area (TPSA) is 38.1 Å². The molecule has 0 saturated carbocycles. The van der Waals surface area contributed by atoms with Crippen LogP contribution in [0.1, 0.15) is 29.3 Å². The first kappa shape index (κ1) is 13.3. The second-order valence-corrected chi connectivity index (χ2v) is 5.36. The summed E-state index contributed by atoms with van der Waals surface area (Å²) in [5, 5.41) is 14.3. The molecular formula is C14H17BrN2O. The number of hydrogen-bond acceptors (Lipinski definition) is 2. The van der Waals surface area contributed by atoms with Gasteiger partial charge in [0, 0.05) is 23.4 Å². The van der Waals surface area contributed by atoms with Crippen LogP contribution < -0.4 is 0 Å². The van der Waals surface area contributed by atoms with Gasteiger partial charge in [-0.1, -0.05) is 28.1 Å². The fourth-order valence-electron chi connectivity index (χ4n) is 1.97. The molecule has 0 saturated heterocycles. The van der Waals surface area contributed by atoms with Gasteiger partial charge in [-0.2, -0.15) is 5.10 Å². The summed E-state index contributed by atoms with van der Waals surface area (Å²) in [6.07, 6.45) is 2.89. The van der Waals surface area contributed by atoms with E-state index in [1.165, 1.54) is 0 Å². The van der Waals surface area contributed by atoms with Crippen molar-refractivity contribution in [3.8, 4) is 0 Å². The second kappa shape index (κ2) is 5.67. The van der Waals surface area contributed by atoms with Gasteiger partial charge in [0.2, 0.25) is 0 Å². The van der Waals surface area contributed by atoms with Gasteiger partial charge in [0.1, 0.15) is 0 Å². The Bertz CT molecular complexity index is 536. The van der Waals surface area contributed by atoms with Crippen LogP contribution in [0.2, 0.25) is 0 Å². The summed E-state index contributed by atoms with van der Waals surface area (Å²) in [5.74, 6) is 0. The van der Waals surface area contributed by atoms with Crippen molar-refractivity contribution in [1.82, 2.24) is 9.78 Å². The molecule has 0 aliphatic carbocycles. The number of aliphatic hydroxyl groups excluding tert-OH is 1. The predicted molar refractivity (Wildman–Crippen MR) is 75.4 cm³/mol. The van der Waals surface area contributed by atoms with E-state index in [0.29, 0.717) is 6.42 Å². The molecule has 96 valence electrons. The molecule has 18 heavy (non-hydrogen) atoms. The van der Waals surface area contributed by atoms with E-state index in [1.807, 2.05) is 42.9 Å². The third-order valence-corrected chi connectivity index (χ3v) is 4.05. The minimum atomic E-state index is -0.424. The average Bonchev–Trinajstić information content (AvgIpc) is 2.75. The van der Waals surface area contributed by atoms with Crippen molar-refractivity contribution in [2.45, 2.75) is 25.9 Å². The van der Waals surface area contributed by atoms with Crippen molar-refractivity contribution < 1.29 is 5.11 Å². The van der Waals surface area contributed by atoms with Crippen LogP contribution in [0.25, 0.3) is 0 Å². The van der Waals surface area contributed by atoms with Crippen molar-refractivity contribution in [2.24, 2.45) is 7.05 Å². The molecule has 1 aromatic carbocycles. The quantitative estimate of drug-likeness (QED) is 0.942. The van der Waals surface area contributed by atoms with Crippen LogP contribution >= 0.6 is 15.9 Å². The average molecular weight is 309 g/mol. The molecule has 2 rings (SSSR count). The van der Waals surface area contributed by atoms with Gasteiger partial charge in [-0.25, -0.2) is 0 Å². The molecule has 0 spiro atoms. The van der Waals surface area contributed by atoms with Gasteiger partial charge in [0.05, 0.1) is 6.10 Å². The zero-order valence-electron chi connectivity index (χ0n) is 10.6. The van der Waals surface area contributed by atoms with Crippen LogP contribution in [0.15, 0.2) is 34.9 Å². The van der Waals surface area contributed by atoms with Crippen molar-refractivity contribution >= 4 is 15.9 Å². The number of aromatic nitrogens is 2. The van der Waals surface area contributed by atoms with Crippen molar-refractivity contribution in [2.75, 3.05) is 0 Å². The summed E-state index contributed by atoms with van der Waals surface area (Å²) in [6.45, 7) is 2.03. The first-order chi connectivity index (χ1) is 8.58. The Hall–Kier alpha value is -1.13. The fourth-order valence-corrected chi connectivity index (χ4v) is 2.22. The third kappa shape index (κ3) is 3.00. The van der Waals surface area contributed by atoms with E-state index in [9.17, 15) is 5.11 Å². The minimum absolute atomic E-state index is 0.424. The van der Waals surface area contributed by atoms with Crippen LogP contribution in [0.5, 0.6) is 0 Å². The van der Waals surface area contributed by atoms with E-state index >= 15 is 0 Å². The van der Waals surface area contributed by atoms with Gasteiger partial charge in [-0.15, -0.1) is 0 Å². The molecule has 1 unspecified atom stereocenters. The highest BCUT2D eigenvalue weighted by Gasteiger charge is 2.10. The minimum Gasteiger partial charge on any atom is -0.388 e. The van der Waals surface area contributed by atoms with Gasteiger partial charge in [0.25, 0.3) is 0 Å². The number of hydrogen-bond donors (Lipinski definition) is 1. The second-order valence-electron chi connectivity index (χ2n) is 4.51. The van der Waals surface area contributed by atoms with Crippen LogP contribution in [0, 0.1) is 6.92 Å². The number of halogens is 1. The maximum atomic E-state index is 10.2. The molecule has 0 aliphatic rings. The molecule has 0 radical (unpaired) electrons. The molecule has 0 amide bonds. The normalized spacial score (nSPS) is 12.7. The summed E-state index contributed by atoms with van der Waals surface area (Å²) in [5.41, 5.74) is 3.26. The summed E-state index contributed by atoms with van der Waals surface area (Å²) in [7, 11) is 1.92. The Balaban J connectivity index is 2.01. The molecule has 0 aliphatic heterocycles. The Morgan fingerprint density at radius 3 is 2.78 bits per heavy atom. The molecule has 1 aromatic heterocycles. The standard InChI is InChI=1S/C14H17BrN2O/c1-10-9-11(3-5-13(10)15)14(18)6-4-12-7-8-16-17(12)2/h3,5,7-9,14,18H,4,6H2,1-2H3. The van der Waals surface area contributed by atoms with E-state index in [4.69, 9.17) is 0 Å². The molecule has 0 bridgehead atoms. The molecule has 0 fully saturated rings. The van der Waals surface area contributed by atoms with Gasteiger partial charge in [-0.3, -0.25) is 4.68 Å². The largest absolute Gasteiger partial charge is 0.388 e. The Labute approximate surface area is 116 Å². The number of rotatable bonds is 4. The summed E-state index contributed by atoms with van der Waals surface area (Å²) in [4.78, 5) is 0. The SMILES string of the molecule is Cc1cc(C(O)CCc2ccnn2C)ccc1Br. The lowest BCUT2D eigenvalue weighted by molar-refractivity contribution is 0.167.